The van der Waals surface area contributed by atoms with E-state index in [1.54, 1.807) is 30.3 Å². The smallest absolute Gasteiger partial charge is 0.231 e. The number of hydrogen-bond acceptors (Lipinski definition) is 6. The van der Waals surface area contributed by atoms with Crippen LogP contribution in [0.1, 0.15) is 32.2 Å². The number of rotatable bonds is 6. The van der Waals surface area contributed by atoms with Crippen molar-refractivity contribution in [3.63, 3.8) is 0 Å². The highest BCUT2D eigenvalue weighted by Gasteiger charge is 2.26. The van der Waals surface area contributed by atoms with Gasteiger partial charge in [-0.25, -0.2) is 8.42 Å². The van der Waals surface area contributed by atoms with E-state index in [2.05, 4.69) is 15.5 Å². The normalized spacial score (nSPS) is 12.1. The van der Waals surface area contributed by atoms with Crippen molar-refractivity contribution >= 4 is 32.2 Å². The Morgan fingerprint density at radius 3 is 2.48 bits per heavy atom. The molecule has 0 saturated heterocycles. The van der Waals surface area contributed by atoms with Crippen molar-refractivity contribution < 1.29 is 13.2 Å². The van der Waals surface area contributed by atoms with E-state index in [1.165, 1.54) is 0 Å². The zero-order valence-corrected chi connectivity index (χ0v) is 14.9. The molecule has 2 aromatic rings. The molecule has 0 unspecified atom stereocenters. The molecule has 8 heteroatoms. The van der Waals surface area contributed by atoms with E-state index in [0.717, 1.165) is 11.3 Å². The predicted molar refractivity (Wildman–Crippen MR) is 89.9 cm³/mol. The summed E-state index contributed by atoms with van der Waals surface area (Å²) in [5, 5.41) is 11.1. The average molecular weight is 353 g/mol. The van der Waals surface area contributed by atoms with E-state index in [0.29, 0.717) is 16.6 Å². The monoisotopic (exact) mass is 353 g/mol. The van der Waals surface area contributed by atoms with Crippen LogP contribution >= 0.6 is 11.3 Å². The van der Waals surface area contributed by atoms with Gasteiger partial charge < -0.3 is 5.32 Å². The Morgan fingerprint density at radius 1 is 1.22 bits per heavy atom. The van der Waals surface area contributed by atoms with Crippen molar-refractivity contribution in [2.45, 2.75) is 37.8 Å². The molecule has 2 rings (SSSR count). The second-order valence-electron chi connectivity index (χ2n) is 5.76. The minimum Gasteiger partial charge on any atom is -0.300 e. The van der Waals surface area contributed by atoms with Crippen molar-refractivity contribution in [3.05, 3.63) is 35.3 Å². The maximum absolute atomic E-state index is 12.3. The first-order chi connectivity index (χ1) is 10.7. The van der Waals surface area contributed by atoms with E-state index in [1.807, 2.05) is 20.8 Å². The van der Waals surface area contributed by atoms with Crippen molar-refractivity contribution in [2.24, 2.45) is 5.41 Å². The van der Waals surface area contributed by atoms with Crippen LogP contribution in [0.15, 0.2) is 35.2 Å². The molecular weight excluding hydrogens is 334 g/mol. The highest BCUT2D eigenvalue weighted by Crippen LogP contribution is 2.25. The number of nitrogens with zero attached hydrogens (tertiary/aromatic N) is 2. The second-order valence-corrected chi connectivity index (χ2v) is 8.82. The van der Waals surface area contributed by atoms with Gasteiger partial charge in [-0.1, -0.05) is 50.3 Å². The Hall–Kier alpha value is -1.80. The Balaban J connectivity index is 2.10. The lowest BCUT2D eigenvalue weighted by atomic mass is 9.89. The number of benzene rings is 1. The molecule has 0 aliphatic rings. The first-order valence-electron chi connectivity index (χ1n) is 7.16. The summed E-state index contributed by atoms with van der Waals surface area (Å²) in [5.41, 5.74) is -0.512. The fraction of sp³-hybridized carbons (Fsp3) is 0.400. The number of aromatic nitrogens is 2. The van der Waals surface area contributed by atoms with Gasteiger partial charge >= 0.3 is 0 Å². The Morgan fingerprint density at radius 2 is 1.87 bits per heavy atom. The fourth-order valence-corrected chi connectivity index (χ4v) is 4.02. The zero-order valence-electron chi connectivity index (χ0n) is 13.2. The minimum atomic E-state index is -3.47. The summed E-state index contributed by atoms with van der Waals surface area (Å²) < 4.78 is 24.6. The molecule has 0 atom stereocenters. The van der Waals surface area contributed by atoms with Crippen LogP contribution < -0.4 is 5.32 Å². The van der Waals surface area contributed by atoms with E-state index < -0.39 is 15.3 Å². The molecule has 1 N–H and O–H groups in total. The Bertz CT molecular complexity index is 783. The summed E-state index contributed by atoms with van der Waals surface area (Å²) in [6, 6.07) is 8.19. The van der Waals surface area contributed by atoms with Crippen molar-refractivity contribution in [2.75, 3.05) is 5.32 Å². The number of carbonyl (C=O) groups is 1. The summed E-state index contributed by atoms with van der Waals surface area (Å²) in [4.78, 5) is 12.3. The number of sulfone groups is 1. The van der Waals surface area contributed by atoms with Gasteiger partial charge in [0.2, 0.25) is 11.0 Å². The molecule has 1 aromatic heterocycles. The van der Waals surface area contributed by atoms with Gasteiger partial charge in [0.15, 0.2) is 9.84 Å². The van der Waals surface area contributed by atoms with Gasteiger partial charge in [0.1, 0.15) is 10.8 Å². The molecule has 0 aliphatic heterocycles. The maximum atomic E-state index is 12.3. The molecular formula is C15H19N3O3S2. The molecule has 0 spiro atoms. The predicted octanol–water partition coefficient (Wildman–Crippen LogP) is 2.89. The summed E-state index contributed by atoms with van der Waals surface area (Å²) in [6.45, 7) is 5.60. The van der Waals surface area contributed by atoms with E-state index in [4.69, 9.17) is 0 Å². The van der Waals surface area contributed by atoms with Gasteiger partial charge in [-0.2, -0.15) is 0 Å². The summed E-state index contributed by atoms with van der Waals surface area (Å²) >= 11 is 1.08. The summed E-state index contributed by atoms with van der Waals surface area (Å²) in [6.07, 6.45) is 0.687. The lowest BCUT2D eigenvalue weighted by molar-refractivity contribution is -0.124. The molecule has 124 valence electrons. The first kappa shape index (κ1) is 17.6. The van der Waals surface area contributed by atoms with E-state index in [9.17, 15) is 13.2 Å². The molecule has 0 radical (unpaired) electrons. The maximum Gasteiger partial charge on any atom is 0.231 e. The van der Waals surface area contributed by atoms with Crippen LogP contribution in [0.5, 0.6) is 0 Å². The van der Waals surface area contributed by atoms with Crippen LogP contribution in [0.4, 0.5) is 5.13 Å². The van der Waals surface area contributed by atoms with Crippen LogP contribution in [0.2, 0.25) is 0 Å². The number of anilines is 1. The Kier molecular flexibility index (Phi) is 5.16. The van der Waals surface area contributed by atoms with Crippen LogP contribution in [-0.4, -0.2) is 24.5 Å². The fourth-order valence-electron chi connectivity index (χ4n) is 1.66. The van der Waals surface area contributed by atoms with Crippen LogP contribution in [0, 0.1) is 5.41 Å². The molecule has 1 amide bonds. The number of amides is 1. The van der Waals surface area contributed by atoms with Gasteiger partial charge in [0.25, 0.3) is 0 Å². The molecule has 0 fully saturated rings. The molecule has 0 bridgehead atoms. The van der Waals surface area contributed by atoms with Gasteiger partial charge in [-0.3, -0.25) is 4.79 Å². The van der Waals surface area contributed by atoms with Crippen LogP contribution in [0.3, 0.4) is 0 Å². The zero-order chi connectivity index (χ0) is 17.1. The number of hydrogen-bond donors (Lipinski definition) is 1. The van der Waals surface area contributed by atoms with Gasteiger partial charge in [0.05, 0.1) is 4.90 Å². The standard InChI is InChI=1S/C15H19N3O3S2/c1-4-15(2,3)13(19)16-14-18-17-12(22-14)10-23(20,21)11-8-6-5-7-9-11/h5-9H,4,10H2,1-3H3,(H,16,18,19). The van der Waals surface area contributed by atoms with Gasteiger partial charge in [0, 0.05) is 5.41 Å². The average Bonchev–Trinajstić information content (AvgIpc) is 2.94. The lowest BCUT2D eigenvalue weighted by Crippen LogP contribution is -2.29. The highest BCUT2D eigenvalue weighted by molar-refractivity contribution is 7.90. The van der Waals surface area contributed by atoms with Crippen molar-refractivity contribution in [1.82, 2.24) is 10.2 Å². The highest BCUT2D eigenvalue weighted by atomic mass is 32.2. The van der Waals surface area contributed by atoms with Gasteiger partial charge in [-0.05, 0) is 18.6 Å². The van der Waals surface area contributed by atoms with Gasteiger partial charge in [-0.15, -0.1) is 10.2 Å². The molecule has 23 heavy (non-hydrogen) atoms. The number of nitrogens with one attached hydrogen (secondary N) is 1. The van der Waals surface area contributed by atoms with E-state index in [-0.39, 0.29) is 16.6 Å². The second kappa shape index (κ2) is 6.76. The largest absolute Gasteiger partial charge is 0.300 e. The van der Waals surface area contributed by atoms with Crippen LogP contribution in [-0.2, 0) is 20.4 Å². The van der Waals surface area contributed by atoms with E-state index >= 15 is 0 Å². The Labute approximate surface area is 139 Å². The SMILES string of the molecule is CCC(C)(C)C(=O)Nc1nnc(CS(=O)(=O)c2ccccc2)s1. The van der Waals surface area contributed by atoms with Crippen molar-refractivity contribution in [3.8, 4) is 0 Å². The quantitative estimate of drug-likeness (QED) is 0.862. The minimum absolute atomic E-state index is 0.159. The molecule has 0 saturated carbocycles. The number of carbonyl (C=O) groups excluding carboxylic acids is 1. The third-order valence-corrected chi connectivity index (χ3v) is 6.27. The third-order valence-electron chi connectivity index (χ3n) is 3.60. The molecule has 1 aromatic carbocycles. The first-order valence-corrected chi connectivity index (χ1v) is 9.63. The summed E-state index contributed by atoms with van der Waals surface area (Å²) in [5.74, 6) is -0.393. The third kappa shape index (κ3) is 4.35. The topological polar surface area (TPSA) is 89.0 Å². The summed E-state index contributed by atoms with van der Waals surface area (Å²) in [7, 11) is -3.47. The molecule has 0 aliphatic carbocycles. The molecule has 1 heterocycles. The van der Waals surface area contributed by atoms with Crippen molar-refractivity contribution in [1.29, 1.82) is 0 Å². The molecule has 6 nitrogen and oxygen atoms in total. The lowest BCUT2D eigenvalue weighted by Gasteiger charge is -2.20. The van der Waals surface area contributed by atoms with Crippen LogP contribution in [0.25, 0.3) is 0 Å².